The lowest BCUT2D eigenvalue weighted by Crippen LogP contribution is -2.49. The lowest BCUT2D eigenvalue weighted by molar-refractivity contribution is -0.160. The number of halogens is 3. The number of carboxylic acids is 1. The van der Waals surface area contributed by atoms with E-state index in [1.165, 1.54) is 0 Å². The molecular formula is C24H25F3N2O5. The summed E-state index contributed by atoms with van der Waals surface area (Å²) in [6, 6.07) is 11.8. The Morgan fingerprint density at radius 1 is 0.971 bits per heavy atom. The van der Waals surface area contributed by atoms with Crippen molar-refractivity contribution >= 4 is 18.0 Å². The number of alkyl carbamates (subject to hydrolysis) is 1. The number of fused-ring (bicyclic) bond motifs is 3. The Hall–Kier alpha value is -3.56. The summed E-state index contributed by atoms with van der Waals surface area (Å²) in [7, 11) is 0. The standard InChI is InChI=1S/C24H25F3N2O5/c1-2-14(11-22(31)32)28-21(30)12-20(24(25,26)27)29-23(33)34-13-19-17-9-5-3-7-15(17)16-8-4-6-10-18(16)19/h3-10,14,19-20H,2,11-13H2,1H3,(H,28,30)(H,29,33)(H,31,32)/t14-,20?/m1/s1. The van der Waals surface area contributed by atoms with Crippen LogP contribution in [0.2, 0.25) is 0 Å². The number of ether oxygens (including phenoxy) is 1. The van der Waals surface area contributed by atoms with Gasteiger partial charge >= 0.3 is 18.2 Å². The van der Waals surface area contributed by atoms with Crippen LogP contribution in [-0.4, -0.2) is 47.9 Å². The third-order valence-electron chi connectivity index (χ3n) is 5.70. The molecule has 2 aromatic rings. The molecule has 1 aliphatic carbocycles. The highest BCUT2D eigenvalue weighted by molar-refractivity contribution is 5.80. The summed E-state index contributed by atoms with van der Waals surface area (Å²) >= 11 is 0. The Bertz CT molecular complexity index is 1010. The summed E-state index contributed by atoms with van der Waals surface area (Å²) < 4.78 is 45.5. The van der Waals surface area contributed by atoms with E-state index in [1.807, 2.05) is 48.5 Å². The third-order valence-corrected chi connectivity index (χ3v) is 5.70. The summed E-state index contributed by atoms with van der Waals surface area (Å²) in [4.78, 5) is 35.1. The minimum atomic E-state index is -4.91. The number of amides is 2. The highest BCUT2D eigenvalue weighted by Crippen LogP contribution is 2.44. The first-order valence-electron chi connectivity index (χ1n) is 10.8. The van der Waals surface area contributed by atoms with Crippen molar-refractivity contribution in [1.29, 1.82) is 0 Å². The van der Waals surface area contributed by atoms with Crippen LogP contribution >= 0.6 is 0 Å². The summed E-state index contributed by atoms with van der Waals surface area (Å²) in [5.74, 6) is -2.53. The van der Waals surface area contributed by atoms with E-state index in [0.717, 1.165) is 22.3 Å². The van der Waals surface area contributed by atoms with Gasteiger partial charge in [0.2, 0.25) is 5.91 Å². The van der Waals surface area contributed by atoms with E-state index in [2.05, 4.69) is 5.32 Å². The van der Waals surface area contributed by atoms with E-state index in [-0.39, 0.29) is 18.9 Å². The van der Waals surface area contributed by atoms with Gasteiger partial charge in [-0.1, -0.05) is 55.5 Å². The molecule has 3 N–H and O–H groups in total. The van der Waals surface area contributed by atoms with Crippen molar-refractivity contribution in [3.63, 3.8) is 0 Å². The average molecular weight is 478 g/mol. The van der Waals surface area contributed by atoms with Gasteiger partial charge in [-0.15, -0.1) is 0 Å². The lowest BCUT2D eigenvalue weighted by Gasteiger charge is -2.23. The second-order valence-electron chi connectivity index (χ2n) is 8.04. The van der Waals surface area contributed by atoms with Crippen molar-refractivity contribution in [2.75, 3.05) is 6.61 Å². The Balaban J connectivity index is 1.63. The third kappa shape index (κ3) is 6.06. The van der Waals surface area contributed by atoms with Crippen molar-refractivity contribution < 1.29 is 37.4 Å². The number of hydrogen-bond donors (Lipinski definition) is 3. The Morgan fingerprint density at radius 3 is 2.03 bits per heavy atom. The number of alkyl halides is 3. The van der Waals surface area contributed by atoms with Crippen LogP contribution in [0.5, 0.6) is 0 Å². The molecule has 7 nitrogen and oxygen atoms in total. The molecule has 2 atom stereocenters. The fourth-order valence-corrected chi connectivity index (χ4v) is 4.01. The van der Waals surface area contributed by atoms with E-state index in [0.29, 0.717) is 0 Å². The normalized spacial score (nSPS) is 14.5. The van der Waals surface area contributed by atoms with Gasteiger partial charge in [0.1, 0.15) is 12.6 Å². The van der Waals surface area contributed by atoms with Crippen LogP contribution in [0.25, 0.3) is 11.1 Å². The van der Waals surface area contributed by atoms with Gasteiger partial charge in [-0.05, 0) is 28.7 Å². The van der Waals surface area contributed by atoms with Gasteiger partial charge in [-0.2, -0.15) is 13.2 Å². The van der Waals surface area contributed by atoms with Gasteiger partial charge < -0.3 is 20.5 Å². The van der Waals surface area contributed by atoms with Crippen LogP contribution in [0, 0.1) is 0 Å². The van der Waals surface area contributed by atoms with Crippen molar-refractivity contribution in [1.82, 2.24) is 10.6 Å². The average Bonchev–Trinajstić information content (AvgIpc) is 3.09. The molecule has 0 spiro atoms. The van der Waals surface area contributed by atoms with Gasteiger partial charge in [0.25, 0.3) is 0 Å². The summed E-state index contributed by atoms with van der Waals surface area (Å²) in [6.07, 6.45) is -7.48. The smallest absolute Gasteiger partial charge is 0.409 e. The van der Waals surface area contributed by atoms with E-state index in [9.17, 15) is 27.6 Å². The topological polar surface area (TPSA) is 105 Å². The van der Waals surface area contributed by atoms with E-state index < -0.39 is 49.1 Å². The molecule has 0 saturated carbocycles. The molecule has 2 amide bonds. The highest BCUT2D eigenvalue weighted by Gasteiger charge is 2.42. The SMILES string of the molecule is CC[C@H](CC(=O)O)NC(=O)CC(NC(=O)OCC1c2ccccc2-c2ccccc21)C(F)(F)F. The number of aliphatic carboxylic acids is 1. The number of carbonyl (C=O) groups excluding carboxylic acids is 2. The van der Waals surface area contributed by atoms with Gasteiger partial charge in [-0.3, -0.25) is 9.59 Å². The minimum Gasteiger partial charge on any atom is -0.481 e. The number of carbonyl (C=O) groups is 3. The van der Waals surface area contributed by atoms with E-state index in [1.54, 1.807) is 12.2 Å². The molecular weight excluding hydrogens is 453 g/mol. The van der Waals surface area contributed by atoms with Gasteiger partial charge in [-0.25, -0.2) is 4.79 Å². The molecule has 3 rings (SSSR count). The largest absolute Gasteiger partial charge is 0.481 e. The highest BCUT2D eigenvalue weighted by atomic mass is 19.4. The van der Waals surface area contributed by atoms with Gasteiger partial charge in [0.15, 0.2) is 0 Å². The maximum Gasteiger partial charge on any atom is 0.409 e. The molecule has 182 valence electrons. The summed E-state index contributed by atoms with van der Waals surface area (Å²) in [6.45, 7) is 1.43. The quantitative estimate of drug-likeness (QED) is 0.501. The second-order valence-corrected chi connectivity index (χ2v) is 8.04. The monoisotopic (exact) mass is 478 g/mol. The molecule has 10 heteroatoms. The van der Waals surface area contributed by atoms with Crippen molar-refractivity contribution in [3.05, 3.63) is 59.7 Å². The Kier molecular flexibility index (Phi) is 7.80. The zero-order valence-corrected chi connectivity index (χ0v) is 18.4. The van der Waals surface area contributed by atoms with Crippen LogP contribution < -0.4 is 10.6 Å². The zero-order valence-electron chi connectivity index (χ0n) is 18.4. The molecule has 2 aromatic carbocycles. The first-order chi connectivity index (χ1) is 16.1. The molecule has 0 aromatic heterocycles. The maximum absolute atomic E-state index is 13.5. The number of rotatable bonds is 9. The molecule has 0 radical (unpaired) electrons. The fourth-order valence-electron chi connectivity index (χ4n) is 4.01. The molecule has 0 aliphatic heterocycles. The van der Waals surface area contributed by atoms with E-state index in [4.69, 9.17) is 9.84 Å². The van der Waals surface area contributed by atoms with Crippen LogP contribution in [-0.2, 0) is 14.3 Å². The van der Waals surface area contributed by atoms with Gasteiger partial charge in [0.05, 0.1) is 12.8 Å². The van der Waals surface area contributed by atoms with Crippen molar-refractivity contribution in [2.45, 2.75) is 50.4 Å². The second kappa shape index (κ2) is 10.6. The number of benzene rings is 2. The zero-order chi connectivity index (χ0) is 24.9. The molecule has 0 heterocycles. The van der Waals surface area contributed by atoms with E-state index >= 15 is 0 Å². The Morgan fingerprint density at radius 2 is 1.53 bits per heavy atom. The first-order valence-corrected chi connectivity index (χ1v) is 10.8. The molecule has 0 fully saturated rings. The predicted molar refractivity (Wildman–Crippen MR) is 117 cm³/mol. The van der Waals surface area contributed by atoms with Crippen LogP contribution in [0.4, 0.5) is 18.0 Å². The molecule has 1 aliphatic rings. The van der Waals surface area contributed by atoms with Crippen LogP contribution in [0.3, 0.4) is 0 Å². The van der Waals surface area contributed by atoms with Crippen molar-refractivity contribution in [3.8, 4) is 11.1 Å². The molecule has 1 unspecified atom stereocenters. The summed E-state index contributed by atoms with van der Waals surface area (Å²) in [5, 5.41) is 12.8. The first kappa shape index (κ1) is 25.1. The fraction of sp³-hybridized carbons (Fsp3) is 0.375. The van der Waals surface area contributed by atoms with Crippen LogP contribution in [0.15, 0.2) is 48.5 Å². The number of hydrogen-bond acceptors (Lipinski definition) is 4. The van der Waals surface area contributed by atoms with Crippen LogP contribution in [0.1, 0.15) is 43.2 Å². The molecule has 34 heavy (non-hydrogen) atoms. The Labute approximate surface area is 194 Å². The lowest BCUT2D eigenvalue weighted by atomic mass is 9.98. The number of carboxylic acid groups (broad SMARTS) is 1. The predicted octanol–water partition coefficient (Wildman–Crippen LogP) is 4.22. The van der Waals surface area contributed by atoms with Gasteiger partial charge in [0, 0.05) is 12.0 Å². The van der Waals surface area contributed by atoms with Crippen molar-refractivity contribution in [2.24, 2.45) is 0 Å². The maximum atomic E-state index is 13.5. The molecule has 0 bridgehead atoms. The minimum absolute atomic E-state index is 0.173. The molecule has 0 saturated heterocycles. The summed E-state index contributed by atoms with van der Waals surface area (Å²) in [5.41, 5.74) is 3.77. The number of nitrogens with one attached hydrogen (secondary N) is 2.